The first-order chi connectivity index (χ1) is 7.74. The molecule has 0 aliphatic carbocycles. The van der Waals surface area contributed by atoms with Crippen molar-refractivity contribution in [2.75, 3.05) is 5.75 Å². The molecule has 2 nitrogen and oxygen atoms in total. The third-order valence-corrected chi connectivity index (χ3v) is 4.02. The van der Waals surface area contributed by atoms with Gasteiger partial charge < -0.3 is 0 Å². The van der Waals surface area contributed by atoms with Crippen LogP contribution in [0, 0.1) is 11.3 Å². The van der Waals surface area contributed by atoms with Crippen LogP contribution in [0.15, 0.2) is 0 Å². The van der Waals surface area contributed by atoms with Crippen LogP contribution in [0.2, 0.25) is 0 Å². The van der Waals surface area contributed by atoms with E-state index in [0.29, 0.717) is 10.8 Å². The zero-order valence-corrected chi connectivity index (χ0v) is 13.1. The van der Waals surface area contributed by atoms with Crippen molar-refractivity contribution in [1.29, 1.82) is 5.26 Å². The van der Waals surface area contributed by atoms with E-state index < -0.39 is 0 Å². The summed E-state index contributed by atoms with van der Waals surface area (Å²) in [6.45, 7) is 13.0. The maximum atomic E-state index is 9.37. The van der Waals surface area contributed by atoms with Gasteiger partial charge in [-0.15, -0.1) is 0 Å². The molecule has 0 fully saturated rings. The predicted molar refractivity (Wildman–Crippen MR) is 78.4 cm³/mol. The Bertz CT molecular complexity index is 250. The van der Waals surface area contributed by atoms with Crippen molar-refractivity contribution >= 4 is 11.8 Å². The molecule has 3 heteroatoms. The molecule has 0 radical (unpaired) electrons. The molecule has 0 aliphatic rings. The van der Waals surface area contributed by atoms with Gasteiger partial charge in [-0.25, -0.2) is 0 Å². The summed E-state index contributed by atoms with van der Waals surface area (Å²) in [6.07, 6.45) is 2.92. The summed E-state index contributed by atoms with van der Waals surface area (Å²) in [6, 6.07) is 2.84. The number of hydrogen-bond donors (Lipinski definition) is 1. The Balaban J connectivity index is 4.15. The second-order valence-corrected chi connectivity index (χ2v) is 7.83. The molecule has 0 aromatic heterocycles. The molecule has 0 rings (SSSR count). The van der Waals surface area contributed by atoms with Gasteiger partial charge in [-0.1, -0.05) is 27.7 Å². The van der Waals surface area contributed by atoms with Gasteiger partial charge in [0.1, 0.15) is 5.54 Å². The molecule has 100 valence electrons. The van der Waals surface area contributed by atoms with Crippen molar-refractivity contribution in [2.24, 2.45) is 0 Å². The van der Waals surface area contributed by atoms with E-state index in [9.17, 15) is 5.26 Å². The van der Waals surface area contributed by atoms with Crippen LogP contribution in [-0.2, 0) is 0 Å². The summed E-state index contributed by atoms with van der Waals surface area (Å²) in [5.41, 5.74) is -0.327. The van der Waals surface area contributed by atoms with E-state index in [1.54, 1.807) is 0 Å². The van der Waals surface area contributed by atoms with Crippen LogP contribution in [0.3, 0.4) is 0 Å². The highest BCUT2D eigenvalue weighted by Gasteiger charge is 2.27. The molecule has 17 heavy (non-hydrogen) atoms. The first-order valence-electron chi connectivity index (χ1n) is 6.57. The highest BCUT2D eigenvalue weighted by atomic mass is 32.2. The largest absolute Gasteiger partial charge is 0.297 e. The van der Waals surface area contributed by atoms with Gasteiger partial charge >= 0.3 is 0 Å². The molecular weight excluding hydrogens is 228 g/mol. The molecule has 0 heterocycles. The van der Waals surface area contributed by atoms with Gasteiger partial charge in [0.2, 0.25) is 0 Å². The molecule has 1 N–H and O–H groups in total. The van der Waals surface area contributed by atoms with Crippen LogP contribution in [0.5, 0.6) is 0 Å². The number of nitrogens with one attached hydrogen (secondary N) is 1. The van der Waals surface area contributed by atoms with Crippen molar-refractivity contribution in [3.63, 3.8) is 0 Å². The molecule has 0 saturated heterocycles. The topological polar surface area (TPSA) is 35.8 Å². The standard InChI is InChI=1S/C14H28N2S/c1-7-14(11-15,16-12(2)3)9-8-10-17-13(4,5)6/h12,16H,7-10H2,1-6H3. The second-order valence-electron chi connectivity index (χ2n) is 5.91. The first kappa shape index (κ1) is 16.8. The molecule has 0 aromatic rings. The Morgan fingerprint density at radius 2 is 1.88 bits per heavy atom. The number of nitrogens with zero attached hydrogens (tertiary/aromatic N) is 1. The van der Waals surface area contributed by atoms with E-state index in [-0.39, 0.29) is 5.54 Å². The number of rotatable bonds is 7. The Morgan fingerprint density at radius 1 is 1.29 bits per heavy atom. The monoisotopic (exact) mass is 256 g/mol. The van der Waals surface area contributed by atoms with E-state index in [2.05, 4.69) is 52.9 Å². The minimum Gasteiger partial charge on any atom is -0.297 e. The SMILES string of the molecule is CCC(C#N)(CCCSC(C)(C)C)NC(C)C. The Labute approximate surface area is 112 Å². The number of hydrogen-bond acceptors (Lipinski definition) is 3. The van der Waals surface area contributed by atoms with Crippen molar-refractivity contribution in [3.8, 4) is 6.07 Å². The minimum absolute atomic E-state index is 0.326. The van der Waals surface area contributed by atoms with E-state index >= 15 is 0 Å². The van der Waals surface area contributed by atoms with Gasteiger partial charge in [-0.2, -0.15) is 17.0 Å². The zero-order valence-electron chi connectivity index (χ0n) is 12.3. The van der Waals surface area contributed by atoms with Gasteiger partial charge in [0, 0.05) is 10.8 Å². The normalized spacial score (nSPS) is 15.6. The molecule has 0 aliphatic heterocycles. The fraction of sp³-hybridized carbons (Fsp3) is 0.929. The van der Waals surface area contributed by atoms with Crippen molar-refractivity contribution in [3.05, 3.63) is 0 Å². The summed E-state index contributed by atoms with van der Waals surface area (Å²) in [7, 11) is 0. The number of nitriles is 1. The third kappa shape index (κ3) is 7.68. The molecule has 0 bridgehead atoms. The summed E-state index contributed by atoms with van der Waals surface area (Å²) < 4.78 is 0.326. The molecule has 0 amide bonds. The lowest BCUT2D eigenvalue weighted by molar-refractivity contribution is 0.341. The smallest absolute Gasteiger partial charge is 0.106 e. The third-order valence-electron chi connectivity index (χ3n) is 2.67. The average molecular weight is 256 g/mol. The lowest BCUT2D eigenvalue weighted by atomic mass is 9.91. The maximum Gasteiger partial charge on any atom is 0.106 e. The average Bonchev–Trinajstić information content (AvgIpc) is 2.21. The van der Waals surface area contributed by atoms with Gasteiger partial charge in [0.05, 0.1) is 6.07 Å². The van der Waals surface area contributed by atoms with Gasteiger partial charge in [-0.05, 0) is 38.9 Å². The summed E-state index contributed by atoms with van der Waals surface area (Å²) in [5, 5.41) is 12.8. The van der Waals surface area contributed by atoms with Crippen LogP contribution < -0.4 is 5.32 Å². The van der Waals surface area contributed by atoms with Crippen LogP contribution >= 0.6 is 11.8 Å². The Hall–Kier alpha value is -0.200. The molecule has 1 atom stereocenters. The molecule has 0 aromatic carbocycles. The van der Waals surface area contributed by atoms with Gasteiger partial charge in [0.15, 0.2) is 0 Å². The molecule has 1 unspecified atom stereocenters. The predicted octanol–water partition coefficient (Wildman–Crippen LogP) is 3.97. The van der Waals surface area contributed by atoms with Gasteiger partial charge in [0.25, 0.3) is 0 Å². The van der Waals surface area contributed by atoms with Crippen LogP contribution in [-0.4, -0.2) is 22.1 Å². The highest BCUT2D eigenvalue weighted by molar-refractivity contribution is 8.00. The van der Waals surface area contributed by atoms with Crippen molar-refractivity contribution in [1.82, 2.24) is 5.32 Å². The zero-order chi connectivity index (χ0) is 13.5. The van der Waals surface area contributed by atoms with E-state index in [4.69, 9.17) is 0 Å². The second kappa shape index (κ2) is 7.28. The van der Waals surface area contributed by atoms with Crippen LogP contribution in [0.1, 0.15) is 60.8 Å². The Kier molecular flexibility index (Phi) is 7.20. The van der Waals surface area contributed by atoms with Gasteiger partial charge in [-0.3, -0.25) is 5.32 Å². The summed E-state index contributed by atoms with van der Waals surface area (Å²) >= 11 is 1.98. The van der Waals surface area contributed by atoms with E-state index in [1.165, 1.54) is 0 Å². The van der Waals surface area contributed by atoms with E-state index in [0.717, 1.165) is 25.0 Å². The molecule has 0 spiro atoms. The molecular formula is C14H28N2S. The maximum absolute atomic E-state index is 9.37. The fourth-order valence-electron chi connectivity index (χ4n) is 1.82. The highest BCUT2D eigenvalue weighted by Crippen LogP contribution is 2.26. The van der Waals surface area contributed by atoms with E-state index in [1.807, 2.05) is 11.8 Å². The lowest BCUT2D eigenvalue weighted by Crippen LogP contribution is -2.47. The van der Waals surface area contributed by atoms with Crippen LogP contribution in [0.25, 0.3) is 0 Å². The number of thioether (sulfide) groups is 1. The van der Waals surface area contributed by atoms with Crippen LogP contribution in [0.4, 0.5) is 0 Å². The lowest BCUT2D eigenvalue weighted by Gasteiger charge is -2.29. The summed E-state index contributed by atoms with van der Waals surface area (Å²) in [5.74, 6) is 1.13. The Morgan fingerprint density at radius 3 is 2.24 bits per heavy atom. The summed E-state index contributed by atoms with van der Waals surface area (Å²) in [4.78, 5) is 0. The van der Waals surface area contributed by atoms with Crippen molar-refractivity contribution in [2.45, 2.75) is 77.1 Å². The first-order valence-corrected chi connectivity index (χ1v) is 7.56. The minimum atomic E-state index is -0.327. The quantitative estimate of drug-likeness (QED) is 0.700. The molecule has 0 saturated carbocycles. The fourth-order valence-corrected chi connectivity index (χ4v) is 2.72. The van der Waals surface area contributed by atoms with Crippen molar-refractivity contribution < 1.29 is 0 Å².